The topological polar surface area (TPSA) is 55.1 Å². The number of hydrogen-bond acceptors (Lipinski definition) is 3. The molecule has 0 aromatic rings. The number of amides is 1. The summed E-state index contributed by atoms with van der Waals surface area (Å²) in [7, 11) is 0. The molecule has 0 aliphatic heterocycles. The molecule has 5 heteroatoms. The fourth-order valence-electron chi connectivity index (χ4n) is 0.246. The van der Waals surface area contributed by atoms with Gasteiger partial charge < -0.3 is 0 Å². The van der Waals surface area contributed by atoms with Crippen molar-refractivity contribution in [2.24, 2.45) is 5.73 Å². The molecular weight excluding hydrogens is 251 g/mol. The van der Waals surface area contributed by atoms with Crippen molar-refractivity contribution in [3.63, 3.8) is 0 Å². The van der Waals surface area contributed by atoms with Gasteiger partial charge in [-0.1, -0.05) is 0 Å². The first-order valence-corrected chi connectivity index (χ1v) is 6.24. The van der Waals surface area contributed by atoms with Crippen molar-refractivity contribution >= 4 is 18.5 Å². The summed E-state index contributed by atoms with van der Waals surface area (Å²) in [6.45, 7) is 0. The van der Waals surface area contributed by atoms with Gasteiger partial charge in [0.05, 0.1) is 0 Å². The zero-order chi connectivity index (χ0) is 7.28. The summed E-state index contributed by atoms with van der Waals surface area (Å²) >= 11 is 3.69. The maximum atomic E-state index is 10.7. The molecule has 56 valence electrons. The van der Waals surface area contributed by atoms with Crippen molar-refractivity contribution in [3.8, 4) is 0 Å². The Morgan fingerprint density at radius 1 is 2.00 bits per heavy atom. The van der Waals surface area contributed by atoms with Crippen LogP contribution in [0.5, 0.6) is 0 Å². The average Bonchev–Trinajstić information content (AvgIpc) is 1.87. The third-order valence-electron chi connectivity index (χ3n) is 0.721. The number of nitrogens with one attached hydrogen (secondary N) is 1. The molecule has 0 fully saturated rings. The monoisotopic (exact) mass is 261 g/mol. The summed E-state index contributed by atoms with van der Waals surface area (Å²) in [6, 6.07) is -0.437. The number of hydrogen-bond donors (Lipinski definition) is 3. The van der Waals surface area contributed by atoms with E-state index in [-0.39, 0.29) is 27.4 Å². The Hall–Kier alpha value is 0.510. The fraction of sp³-hybridized carbons (Fsp3) is 0.750. The van der Waals surface area contributed by atoms with Crippen LogP contribution in [-0.4, -0.2) is 22.6 Å². The molecule has 0 rings (SSSR count). The third-order valence-corrected chi connectivity index (χ3v) is 2.19. The van der Waals surface area contributed by atoms with Gasteiger partial charge in [0.25, 0.3) is 0 Å². The van der Waals surface area contributed by atoms with Crippen LogP contribution in [0.15, 0.2) is 0 Å². The van der Waals surface area contributed by atoms with Gasteiger partial charge in [-0.2, -0.15) is 0 Å². The standard InChI is InChI=1S/C4H10IN2OS/c1-5-7-4(8)3(6)2-9/h3,9H,2,6H2,1H3,(H,7,8)/q-1. The van der Waals surface area contributed by atoms with E-state index in [9.17, 15) is 4.79 Å². The van der Waals surface area contributed by atoms with E-state index in [4.69, 9.17) is 5.73 Å². The van der Waals surface area contributed by atoms with Crippen LogP contribution in [0.3, 0.4) is 0 Å². The van der Waals surface area contributed by atoms with Crippen LogP contribution < -0.4 is 30.7 Å². The molecule has 3 N–H and O–H groups in total. The molecule has 1 amide bonds. The normalized spacial score (nSPS) is 13.2. The molecule has 0 radical (unpaired) electrons. The Bertz CT molecular complexity index is 101. The molecule has 0 saturated carbocycles. The molecular formula is C4H10IN2OS-. The summed E-state index contributed by atoms with van der Waals surface area (Å²) in [4.78, 5) is 12.7. The number of alkyl halides is 1. The van der Waals surface area contributed by atoms with E-state index < -0.39 is 6.04 Å². The van der Waals surface area contributed by atoms with Gasteiger partial charge in [-0.25, -0.2) is 0 Å². The Labute approximate surface area is 70.8 Å². The molecule has 1 atom stereocenters. The minimum absolute atomic E-state index is 0.0831. The predicted octanol–water partition coefficient (Wildman–Crippen LogP) is -4.01. The second kappa shape index (κ2) is 5.31. The Kier molecular flexibility index (Phi) is 5.61. The van der Waals surface area contributed by atoms with Crippen LogP contribution in [-0.2, 0) is 4.79 Å². The summed E-state index contributed by atoms with van der Waals surface area (Å²) in [6.07, 6.45) is 0. The van der Waals surface area contributed by atoms with E-state index in [2.05, 4.69) is 16.2 Å². The van der Waals surface area contributed by atoms with E-state index in [0.29, 0.717) is 5.75 Å². The molecule has 0 aromatic heterocycles. The van der Waals surface area contributed by atoms with Crippen molar-refractivity contribution in [1.29, 1.82) is 0 Å². The van der Waals surface area contributed by atoms with Crippen molar-refractivity contribution in [2.75, 3.05) is 10.7 Å². The molecule has 0 aromatic carbocycles. The van der Waals surface area contributed by atoms with Gasteiger partial charge >= 0.3 is 70.8 Å². The van der Waals surface area contributed by atoms with Crippen LogP contribution in [0, 0.1) is 0 Å². The molecule has 3 nitrogen and oxygen atoms in total. The van der Waals surface area contributed by atoms with Crippen LogP contribution in [0.1, 0.15) is 0 Å². The average molecular weight is 261 g/mol. The zero-order valence-electron chi connectivity index (χ0n) is 5.10. The first kappa shape index (κ1) is 9.51. The third kappa shape index (κ3) is 3.99. The van der Waals surface area contributed by atoms with E-state index in [0.717, 1.165) is 0 Å². The second-order valence-electron chi connectivity index (χ2n) is 1.44. The predicted molar refractivity (Wildman–Crippen MR) is 35.9 cm³/mol. The van der Waals surface area contributed by atoms with Crippen molar-refractivity contribution in [1.82, 2.24) is 3.53 Å². The molecule has 1 unspecified atom stereocenters. The van der Waals surface area contributed by atoms with Gasteiger partial charge in [-0.05, 0) is 0 Å². The Balaban J connectivity index is 3.46. The molecule has 0 spiro atoms. The number of carbonyl (C=O) groups excluding carboxylic acids is 1. The van der Waals surface area contributed by atoms with Gasteiger partial charge in [0.2, 0.25) is 0 Å². The number of nitrogens with two attached hydrogens (primary N) is 1. The van der Waals surface area contributed by atoms with Crippen molar-refractivity contribution in [3.05, 3.63) is 0 Å². The van der Waals surface area contributed by atoms with E-state index in [1.165, 1.54) is 0 Å². The summed E-state index contributed by atoms with van der Waals surface area (Å²) in [5.41, 5.74) is 5.33. The Morgan fingerprint density at radius 3 is 2.89 bits per heavy atom. The second-order valence-corrected chi connectivity index (χ2v) is 3.42. The van der Waals surface area contributed by atoms with Gasteiger partial charge in [0.1, 0.15) is 0 Å². The fourth-order valence-corrected chi connectivity index (χ4v) is 1.34. The first-order valence-electron chi connectivity index (χ1n) is 2.37. The summed E-state index contributed by atoms with van der Waals surface area (Å²) in [5, 5.41) is 0. The zero-order valence-corrected chi connectivity index (χ0v) is 8.15. The molecule has 0 aliphatic rings. The molecule has 0 heterocycles. The van der Waals surface area contributed by atoms with Crippen molar-refractivity contribution in [2.45, 2.75) is 6.04 Å². The van der Waals surface area contributed by atoms with Crippen LogP contribution in [0.2, 0.25) is 0 Å². The van der Waals surface area contributed by atoms with Crippen molar-refractivity contribution < 1.29 is 26.3 Å². The first-order chi connectivity index (χ1) is 4.22. The molecule has 0 saturated heterocycles. The molecule has 0 aliphatic carbocycles. The minimum atomic E-state index is -0.437. The maximum absolute atomic E-state index is 10.7. The van der Waals surface area contributed by atoms with Gasteiger partial charge in [0, 0.05) is 0 Å². The molecule has 9 heavy (non-hydrogen) atoms. The SMILES string of the molecule is C[I-]NC(=O)C(N)CS. The van der Waals surface area contributed by atoms with Crippen LogP contribution >= 0.6 is 12.6 Å². The van der Waals surface area contributed by atoms with Gasteiger partial charge in [-0.15, -0.1) is 0 Å². The Morgan fingerprint density at radius 2 is 2.56 bits per heavy atom. The number of thiol groups is 1. The van der Waals surface area contributed by atoms with Crippen LogP contribution in [0.4, 0.5) is 0 Å². The van der Waals surface area contributed by atoms with Crippen LogP contribution in [0.25, 0.3) is 0 Å². The molecule has 0 bridgehead atoms. The van der Waals surface area contributed by atoms with Gasteiger partial charge in [0.15, 0.2) is 0 Å². The summed E-state index contributed by atoms with van der Waals surface area (Å²) in [5.74, 6) is 0.329. The van der Waals surface area contributed by atoms with E-state index in [1.54, 1.807) is 0 Å². The number of rotatable bonds is 3. The summed E-state index contributed by atoms with van der Waals surface area (Å²) < 4.78 is 2.69. The van der Waals surface area contributed by atoms with Gasteiger partial charge in [-0.3, -0.25) is 0 Å². The quantitative estimate of drug-likeness (QED) is 0.210. The number of halogens is 1. The van der Waals surface area contributed by atoms with E-state index in [1.807, 2.05) is 4.93 Å². The number of carbonyl (C=O) groups is 1. The van der Waals surface area contributed by atoms with E-state index >= 15 is 0 Å².